The Bertz CT molecular complexity index is 529. The first-order valence-corrected chi connectivity index (χ1v) is 8.64. The molecule has 0 unspecified atom stereocenters. The van der Waals surface area contributed by atoms with Gasteiger partial charge in [0.1, 0.15) is 6.26 Å². The molecule has 1 aliphatic heterocycles. The van der Waals surface area contributed by atoms with Gasteiger partial charge in [0.2, 0.25) is 5.89 Å². The van der Waals surface area contributed by atoms with Crippen LogP contribution in [-0.4, -0.2) is 36.1 Å². The highest BCUT2D eigenvalue weighted by molar-refractivity contribution is 7.13. The van der Waals surface area contributed by atoms with Gasteiger partial charge in [-0.15, -0.1) is 11.3 Å². The molecule has 1 N–H and O–H groups in total. The zero-order valence-corrected chi connectivity index (χ0v) is 13.4. The number of likely N-dealkylation sites (tertiary alicyclic amines) is 1. The topological polar surface area (TPSA) is 41.3 Å². The van der Waals surface area contributed by atoms with Crippen LogP contribution in [0.3, 0.4) is 0 Å². The molecule has 5 heteroatoms. The maximum absolute atomic E-state index is 5.59. The number of hydrogen-bond donors (Lipinski definition) is 1. The highest BCUT2D eigenvalue weighted by Crippen LogP contribution is 2.24. The molecule has 3 rings (SSSR count). The molecule has 114 valence electrons. The van der Waals surface area contributed by atoms with Crippen LogP contribution >= 0.6 is 11.3 Å². The van der Waals surface area contributed by atoms with Crippen molar-refractivity contribution in [3.63, 3.8) is 0 Å². The maximum atomic E-state index is 5.59. The third-order valence-electron chi connectivity index (χ3n) is 4.06. The van der Waals surface area contributed by atoms with Crippen LogP contribution in [0.5, 0.6) is 0 Å². The van der Waals surface area contributed by atoms with Gasteiger partial charge in [0.05, 0.1) is 10.6 Å². The lowest BCUT2D eigenvalue weighted by Crippen LogP contribution is -2.36. The Morgan fingerprint density at radius 3 is 3.00 bits per heavy atom. The van der Waals surface area contributed by atoms with Gasteiger partial charge in [-0.05, 0) is 56.4 Å². The second-order valence-electron chi connectivity index (χ2n) is 5.65. The van der Waals surface area contributed by atoms with Gasteiger partial charge < -0.3 is 9.73 Å². The Balaban J connectivity index is 1.49. The zero-order chi connectivity index (χ0) is 14.5. The van der Waals surface area contributed by atoms with Gasteiger partial charge in [-0.2, -0.15) is 0 Å². The van der Waals surface area contributed by atoms with E-state index < -0.39 is 0 Å². The lowest BCUT2D eigenvalue weighted by molar-refractivity contribution is 0.174. The molecule has 3 heterocycles. The summed E-state index contributed by atoms with van der Waals surface area (Å²) in [5, 5.41) is 5.51. The van der Waals surface area contributed by atoms with Crippen molar-refractivity contribution in [3.05, 3.63) is 29.5 Å². The number of piperidine rings is 1. The Morgan fingerprint density at radius 1 is 1.43 bits per heavy atom. The van der Waals surface area contributed by atoms with Crippen LogP contribution in [-0.2, 0) is 6.54 Å². The molecule has 0 radical (unpaired) electrons. The number of oxazole rings is 1. The molecule has 0 amide bonds. The maximum Gasteiger partial charge on any atom is 0.236 e. The van der Waals surface area contributed by atoms with Crippen molar-refractivity contribution in [3.8, 4) is 10.8 Å². The lowest BCUT2D eigenvalue weighted by atomic mass is 9.97. The highest BCUT2D eigenvalue weighted by Gasteiger charge is 2.20. The fraction of sp³-hybridized carbons (Fsp3) is 0.562. The summed E-state index contributed by atoms with van der Waals surface area (Å²) in [6, 6.07) is 4.07. The molecule has 0 aliphatic carbocycles. The fourth-order valence-electron chi connectivity index (χ4n) is 2.82. The van der Waals surface area contributed by atoms with Crippen LogP contribution < -0.4 is 5.32 Å². The summed E-state index contributed by atoms with van der Waals surface area (Å²) in [5.41, 5.74) is 1.04. The molecule has 1 aliphatic rings. The number of aromatic nitrogens is 1. The first kappa shape index (κ1) is 14.8. The first-order chi connectivity index (χ1) is 10.3. The second-order valence-corrected chi connectivity index (χ2v) is 6.60. The number of nitrogens with one attached hydrogen (secondary N) is 1. The first-order valence-electron chi connectivity index (χ1n) is 7.76. The number of nitrogens with zero attached hydrogens (tertiary/aromatic N) is 2. The van der Waals surface area contributed by atoms with Crippen molar-refractivity contribution in [2.24, 2.45) is 5.92 Å². The van der Waals surface area contributed by atoms with Gasteiger partial charge in [-0.25, -0.2) is 4.98 Å². The van der Waals surface area contributed by atoms with Gasteiger partial charge in [-0.1, -0.05) is 13.0 Å². The van der Waals surface area contributed by atoms with E-state index in [-0.39, 0.29) is 0 Å². The summed E-state index contributed by atoms with van der Waals surface area (Å²) in [5.74, 6) is 1.59. The van der Waals surface area contributed by atoms with E-state index in [1.807, 2.05) is 17.5 Å². The van der Waals surface area contributed by atoms with E-state index >= 15 is 0 Å². The zero-order valence-electron chi connectivity index (χ0n) is 12.5. The third-order valence-corrected chi connectivity index (χ3v) is 4.92. The van der Waals surface area contributed by atoms with Crippen molar-refractivity contribution in [1.29, 1.82) is 0 Å². The molecule has 0 aromatic carbocycles. The Morgan fingerprint density at radius 2 is 2.29 bits per heavy atom. The van der Waals surface area contributed by atoms with E-state index in [1.54, 1.807) is 17.6 Å². The molecule has 0 atom stereocenters. The van der Waals surface area contributed by atoms with Crippen molar-refractivity contribution in [2.75, 3.05) is 26.2 Å². The molecule has 2 aromatic rings. The number of rotatable bonds is 6. The Labute approximate surface area is 130 Å². The molecule has 0 bridgehead atoms. The monoisotopic (exact) mass is 305 g/mol. The quantitative estimate of drug-likeness (QED) is 0.889. The molecule has 1 saturated heterocycles. The Hall–Kier alpha value is -1.17. The molecule has 0 spiro atoms. The number of hydrogen-bond acceptors (Lipinski definition) is 5. The number of thiophene rings is 1. The average Bonchev–Trinajstić information content (AvgIpc) is 3.17. The van der Waals surface area contributed by atoms with Crippen LogP contribution in [0.1, 0.15) is 25.5 Å². The summed E-state index contributed by atoms with van der Waals surface area (Å²) in [4.78, 5) is 8.19. The smallest absolute Gasteiger partial charge is 0.236 e. The predicted octanol–water partition coefficient (Wildman–Crippen LogP) is 3.22. The van der Waals surface area contributed by atoms with Gasteiger partial charge in [0.25, 0.3) is 0 Å². The average molecular weight is 305 g/mol. The molecule has 1 fully saturated rings. The molecule has 2 aromatic heterocycles. The van der Waals surface area contributed by atoms with Gasteiger partial charge >= 0.3 is 0 Å². The predicted molar refractivity (Wildman–Crippen MR) is 86.4 cm³/mol. The summed E-state index contributed by atoms with van der Waals surface area (Å²) in [6.45, 7) is 7.64. The van der Waals surface area contributed by atoms with Crippen LogP contribution in [0.25, 0.3) is 10.8 Å². The molecular weight excluding hydrogens is 282 g/mol. The minimum Gasteiger partial charge on any atom is -0.444 e. The van der Waals surface area contributed by atoms with E-state index in [2.05, 4.69) is 22.1 Å². The van der Waals surface area contributed by atoms with Crippen molar-refractivity contribution >= 4 is 11.3 Å². The van der Waals surface area contributed by atoms with Crippen molar-refractivity contribution in [2.45, 2.75) is 26.3 Å². The standard InChI is InChI=1S/C16H23N3OS/c1-2-17-10-13-5-7-19(8-6-13)11-14-12-20-16(18-14)15-4-3-9-21-15/h3-4,9,12-13,17H,2,5-8,10-11H2,1H3. The molecule has 4 nitrogen and oxygen atoms in total. The third kappa shape index (κ3) is 3.93. The van der Waals surface area contributed by atoms with Crippen LogP contribution in [0.2, 0.25) is 0 Å². The van der Waals surface area contributed by atoms with E-state index in [0.717, 1.165) is 55.1 Å². The van der Waals surface area contributed by atoms with Gasteiger partial charge in [0, 0.05) is 6.54 Å². The summed E-state index contributed by atoms with van der Waals surface area (Å²) >= 11 is 1.67. The van der Waals surface area contributed by atoms with Gasteiger partial charge in [0.15, 0.2) is 0 Å². The minimum absolute atomic E-state index is 0.752. The van der Waals surface area contributed by atoms with Crippen LogP contribution in [0.15, 0.2) is 28.2 Å². The second kappa shape index (κ2) is 7.20. The van der Waals surface area contributed by atoms with E-state index in [0.29, 0.717) is 0 Å². The van der Waals surface area contributed by atoms with Crippen molar-refractivity contribution in [1.82, 2.24) is 15.2 Å². The highest BCUT2D eigenvalue weighted by atomic mass is 32.1. The lowest BCUT2D eigenvalue weighted by Gasteiger charge is -2.31. The summed E-state index contributed by atoms with van der Waals surface area (Å²) < 4.78 is 5.59. The summed E-state index contributed by atoms with van der Waals surface area (Å²) in [7, 11) is 0. The largest absolute Gasteiger partial charge is 0.444 e. The SMILES string of the molecule is CCNCC1CCN(Cc2coc(-c3cccs3)n2)CC1. The van der Waals surface area contributed by atoms with E-state index in [1.165, 1.54) is 12.8 Å². The molecule has 0 saturated carbocycles. The van der Waals surface area contributed by atoms with Crippen LogP contribution in [0.4, 0.5) is 0 Å². The normalized spacial score (nSPS) is 17.4. The Kier molecular flexibility index (Phi) is 5.06. The van der Waals surface area contributed by atoms with E-state index in [9.17, 15) is 0 Å². The van der Waals surface area contributed by atoms with Crippen molar-refractivity contribution < 1.29 is 4.42 Å². The van der Waals surface area contributed by atoms with Crippen LogP contribution in [0, 0.1) is 5.92 Å². The minimum atomic E-state index is 0.752. The molecule has 21 heavy (non-hydrogen) atoms. The summed E-state index contributed by atoms with van der Waals surface area (Å²) in [6.07, 6.45) is 4.37. The molecular formula is C16H23N3OS. The fourth-order valence-corrected chi connectivity index (χ4v) is 3.47. The van der Waals surface area contributed by atoms with Gasteiger partial charge in [-0.3, -0.25) is 4.90 Å². The van der Waals surface area contributed by atoms with E-state index in [4.69, 9.17) is 4.42 Å².